The van der Waals surface area contributed by atoms with Crippen molar-refractivity contribution in [3.63, 3.8) is 0 Å². The van der Waals surface area contributed by atoms with Crippen molar-refractivity contribution in [1.29, 1.82) is 0 Å². The first-order chi connectivity index (χ1) is 9.44. The van der Waals surface area contributed by atoms with E-state index in [2.05, 4.69) is 15.3 Å². The molecule has 2 heterocycles. The number of ether oxygens (including phenoxy) is 1. The van der Waals surface area contributed by atoms with E-state index in [1.807, 2.05) is 32.9 Å². The van der Waals surface area contributed by atoms with Crippen LogP contribution in [0.5, 0.6) is 0 Å². The quantitative estimate of drug-likeness (QED) is 0.899. The molecule has 1 N–H and O–H groups in total. The Morgan fingerprint density at radius 1 is 1.30 bits per heavy atom. The molecule has 0 aromatic carbocycles. The fourth-order valence-electron chi connectivity index (χ4n) is 1.97. The summed E-state index contributed by atoms with van der Waals surface area (Å²) in [5.41, 5.74) is 2.06. The van der Waals surface area contributed by atoms with E-state index in [1.54, 1.807) is 6.20 Å². The largest absolute Gasteiger partial charge is 0.444 e. The lowest BCUT2D eigenvalue weighted by Crippen LogP contribution is -2.27. The fourth-order valence-corrected chi connectivity index (χ4v) is 1.97. The van der Waals surface area contributed by atoms with Crippen LogP contribution in [0, 0.1) is 0 Å². The molecule has 0 saturated carbocycles. The Bertz CT molecular complexity index is 501. The van der Waals surface area contributed by atoms with E-state index in [-0.39, 0.29) is 0 Å². The van der Waals surface area contributed by atoms with E-state index in [0.29, 0.717) is 5.69 Å². The molecule has 108 valence electrons. The molecular weight excluding hydrogens is 254 g/mol. The van der Waals surface area contributed by atoms with Gasteiger partial charge in [0, 0.05) is 6.54 Å². The lowest BCUT2D eigenvalue weighted by Gasteiger charge is -2.19. The van der Waals surface area contributed by atoms with Gasteiger partial charge in [0.05, 0.1) is 23.3 Å². The Morgan fingerprint density at radius 2 is 2.10 bits per heavy atom. The van der Waals surface area contributed by atoms with Gasteiger partial charge < -0.3 is 4.74 Å². The molecular formula is C15H21N3O2. The van der Waals surface area contributed by atoms with Crippen LogP contribution in [0.2, 0.25) is 0 Å². The molecule has 0 aliphatic carbocycles. The van der Waals surface area contributed by atoms with Crippen LogP contribution in [0.25, 0.3) is 0 Å². The average molecular weight is 275 g/mol. The van der Waals surface area contributed by atoms with Gasteiger partial charge in [0.2, 0.25) is 0 Å². The van der Waals surface area contributed by atoms with E-state index in [9.17, 15) is 4.79 Å². The normalized spacial score (nSPS) is 15.4. The Labute approximate surface area is 119 Å². The molecule has 0 bridgehead atoms. The molecule has 0 fully saturated rings. The van der Waals surface area contributed by atoms with Gasteiger partial charge in [-0.3, -0.25) is 15.3 Å². The zero-order valence-corrected chi connectivity index (χ0v) is 12.3. The van der Waals surface area contributed by atoms with Crippen molar-refractivity contribution in [3.8, 4) is 0 Å². The molecule has 0 radical (unpaired) electrons. The molecule has 0 saturated heterocycles. The molecule has 1 aliphatic rings. The summed E-state index contributed by atoms with van der Waals surface area (Å²) in [7, 11) is 0. The summed E-state index contributed by atoms with van der Waals surface area (Å²) in [6, 6.07) is 3.71. The van der Waals surface area contributed by atoms with Crippen LogP contribution >= 0.6 is 0 Å². The number of aliphatic imine (C=N–C) groups is 1. The van der Waals surface area contributed by atoms with E-state index in [1.165, 1.54) is 6.42 Å². The molecule has 1 aromatic rings. The predicted molar refractivity (Wildman–Crippen MR) is 79.3 cm³/mol. The maximum absolute atomic E-state index is 11.6. The highest BCUT2D eigenvalue weighted by Gasteiger charge is 2.16. The fraction of sp³-hybridized carbons (Fsp3) is 0.533. The van der Waals surface area contributed by atoms with Crippen LogP contribution in [0.3, 0.4) is 0 Å². The molecule has 0 spiro atoms. The highest BCUT2D eigenvalue weighted by Crippen LogP contribution is 2.15. The summed E-state index contributed by atoms with van der Waals surface area (Å²) in [6.45, 7) is 6.37. The van der Waals surface area contributed by atoms with E-state index in [4.69, 9.17) is 4.74 Å². The number of carbonyl (C=O) groups is 1. The highest BCUT2D eigenvalue weighted by molar-refractivity contribution is 5.99. The molecule has 5 nitrogen and oxygen atoms in total. The first-order valence-electron chi connectivity index (χ1n) is 6.94. The number of nitrogens with one attached hydrogen (secondary N) is 1. The summed E-state index contributed by atoms with van der Waals surface area (Å²) in [6.07, 6.45) is 4.46. The number of amides is 1. The maximum atomic E-state index is 11.6. The Hall–Kier alpha value is -1.91. The van der Waals surface area contributed by atoms with Crippen molar-refractivity contribution >= 4 is 17.5 Å². The van der Waals surface area contributed by atoms with E-state index in [0.717, 1.165) is 30.8 Å². The lowest BCUT2D eigenvalue weighted by molar-refractivity contribution is 0.0636. The topological polar surface area (TPSA) is 63.6 Å². The third-order valence-electron chi connectivity index (χ3n) is 2.83. The van der Waals surface area contributed by atoms with Crippen molar-refractivity contribution in [2.24, 2.45) is 4.99 Å². The van der Waals surface area contributed by atoms with Crippen molar-refractivity contribution in [1.82, 2.24) is 4.98 Å². The molecule has 2 rings (SSSR count). The Morgan fingerprint density at radius 3 is 2.65 bits per heavy atom. The van der Waals surface area contributed by atoms with Crippen molar-refractivity contribution < 1.29 is 9.53 Å². The molecule has 20 heavy (non-hydrogen) atoms. The summed E-state index contributed by atoms with van der Waals surface area (Å²) in [4.78, 5) is 20.5. The lowest BCUT2D eigenvalue weighted by atomic mass is 10.1. The second kappa shape index (κ2) is 6.03. The van der Waals surface area contributed by atoms with Gasteiger partial charge in [-0.1, -0.05) is 0 Å². The first kappa shape index (κ1) is 14.5. The van der Waals surface area contributed by atoms with Gasteiger partial charge >= 0.3 is 6.09 Å². The number of carbonyl (C=O) groups excluding carboxylic acids is 1. The highest BCUT2D eigenvalue weighted by atomic mass is 16.6. The zero-order chi connectivity index (χ0) is 14.6. The maximum Gasteiger partial charge on any atom is 0.412 e. The second-order valence-electron chi connectivity index (χ2n) is 5.84. The summed E-state index contributed by atoms with van der Waals surface area (Å²) in [5, 5.41) is 2.67. The van der Waals surface area contributed by atoms with Crippen LogP contribution in [-0.4, -0.2) is 28.9 Å². The van der Waals surface area contributed by atoms with Crippen LogP contribution in [0.1, 0.15) is 45.7 Å². The molecule has 0 atom stereocenters. The number of hydrogen-bond donors (Lipinski definition) is 1. The summed E-state index contributed by atoms with van der Waals surface area (Å²) < 4.78 is 5.19. The van der Waals surface area contributed by atoms with Crippen LogP contribution in [-0.2, 0) is 4.74 Å². The van der Waals surface area contributed by atoms with Crippen LogP contribution in [0.15, 0.2) is 23.3 Å². The molecule has 0 unspecified atom stereocenters. The number of nitrogens with zero attached hydrogens (tertiary/aromatic N) is 2. The molecule has 1 aliphatic heterocycles. The zero-order valence-electron chi connectivity index (χ0n) is 12.3. The van der Waals surface area contributed by atoms with Crippen LogP contribution in [0.4, 0.5) is 10.5 Å². The van der Waals surface area contributed by atoms with E-state index < -0.39 is 11.7 Å². The SMILES string of the molecule is CC(C)(C)OC(=O)Nc1ccc(C2=NCCCC2)nc1. The smallest absolute Gasteiger partial charge is 0.412 e. The predicted octanol–water partition coefficient (Wildman–Crippen LogP) is 3.40. The summed E-state index contributed by atoms with van der Waals surface area (Å²) >= 11 is 0. The van der Waals surface area contributed by atoms with Crippen molar-refractivity contribution in [2.45, 2.75) is 45.6 Å². The monoisotopic (exact) mass is 275 g/mol. The van der Waals surface area contributed by atoms with Gasteiger partial charge in [-0.2, -0.15) is 0 Å². The number of rotatable bonds is 2. The minimum atomic E-state index is -0.506. The minimum absolute atomic E-state index is 0.470. The third-order valence-corrected chi connectivity index (χ3v) is 2.83. The number of hydrogen-bond acceptors (Lipinski definition) is 4. The van der Waals surface area contributed by atoms with Crippen molar-refractivity contribution in [3.05, 3.63) is 24.0 Å². The van der Waals surface area contributed by atoms with E-state index >= 15 is 0 Å². The summed E-state index contributed by atoms with van der Waals surface area (Å²) in [5.74, 6) is 0. The Kier molecular flexibility index (Phi) is 4.37. The first-order valence-corrected chi connectivity index (χ1v) is 6.94. The standard InChI is InChI=1S/C15H21N3O2/c1-15(2,3)20-14(19)18-11-7-8-13(17-10-11)12-6-4-5-9-16-12/h7-8,10H,4-6,9H2,1-3H3,(H,18,19). The second-order valence-corrected chi connectivity index (χ2v) is 5.84. The van der Waals surface area contributed by atoms with Gasteiger partial charge in [-0.15, -0.1) is 0 Å². The number of aromatic nitrogens is 1. The van der Waals surface area contributed by atoms with Gasteiger partial charge in [-0.25, -0.2) is 4.79 Å². The molecule has 1 aromatic heterocycles. The molecule has 1 amide bonds. The third kappa shape index (κ3) is 4.33. The Balaban J connectivity index is 1.98. The van der Waals surface area contributed by atoms with Gasteiger partial charge in [-0.05, 0) is 52.2 Å². The van der Waals surface area contributed by atoms with Crippen molar-refractivity contribution in [2.75, 3.05) is 11.9 Å². The molecule has 5 heteroatoms. The van der Waals surface area contributed by atoms with Gasteiger partial charge in [0.15, 0.2) is 0 Å². The van der Waals surface area contributed by atoms with Crippen LogP contribution < -0.4 is 5.32 Å². The van der Waals surface area contributed by atoms with Gasteiger partial charge in [0.25, 0.3) is 0 Å². The number of anilines is 1. The average Bonchev–Trinajstić information content (AvgIpc) is 2.38. The number of pyridine rings is 1. The van der Waals surface area contributed by atoms with Gasteiger partial charge in [0.1, 0.15) is 5.60 Å². The minimum Gasteiger partial charge on any atom is -0.444 e.